The number of methoxy groups -OCH3 is 1. The van der Waals surface area contributed by atoms with Crippen LogP contribution in [0, 0.1) is 0 Å². The van der Waals surface area contributed by atoms with E-state index in [2.05, 4.69) is 10.3 Å². The molecule has 7 nitrogen and oxygen atoms in total. The molecule has 150 valence electrons. The van der Waals surface area contributed by atoms with E-state index in [4.69, 9.17) is 4.74 Å². The molecule has 1 aromatic heterocycles. The minimum absolute atomic E-state index is 0.152. The molecule has 1 fully saturated rings. The van der Waals surface area contributed by atoms with Crippen molar-refractivity contribution in [2.75, 3.05) is 20.2 Å². The second-order valence-electron chi connectivity index (χ2n) is 7.34. The van der Waals surface area contributed by atoms with Crippen molar-refractivity contribution < 1.29 is 14.6 Å². The molecule has 0 saturated carbocycles. The molecule has 0 unspecified atom stereocenters. The van der Waals surface area contributed by atoms with E-state index in [-0.39, 0.29) is 5.91 Å². The molecule has 0 bridgehead atoms. The minimum atomic E-state index is -0.885. The van der Waals surface area contributed by atoms with Crippen LogP contribution in [0.25, 0.3) is 0 Å². The van der Waals surface area contributed by atoms with Crippen molar-refractivity contribution in [1.82, 2.24) is 19.9 Å². The third kappa shape index (κ3) is 4.14. The molecule has 7 heteroatoms. The number of carbonyl (C=O) groups is 1. The van der Waals surface area contributed by atoms with Crippen molar-refractivity contribution >= 4 is 5.91 Å². The van der Waals surface area contributed by atoms with Gasteiger partial charge in [-0.3, -0.25) is 4.79 Å². The third-order valence-corrected chi connectivity index (χ3v) is 5.45. The fraction of sp³-hybridized carbons (Fsp3) is 0.318. The molecule has 0 atom stereocenters. The smallest absolute Gasteiger partial charge is 0.276 e. The van der Waals surface area contributed by atoms with Crippen LogP contribution < -0.4 is 4.74 Å². The maximum absolute atomic E-state index is 12.8. The summed E-state index contributed by atoms with van der Waals surface area (Å²) >= 11 is 0. The van der Waals surface area contributed by atoms with Gasteiger partial charge in [0.05, 0.1) is 25.5 Å². The zero-order chi connectivity index (χ0) is 20.3. The van der Waals surface area contributed by atoms with Crippen LogP contribution in [0.3, 0.4) is 0 Å². The van der Waals surface area contributed by atoms with E-state index in [9.17, 15) is 9.90 Å². The number of likely N-dealkylation sites (tertiary alicyclic amines) is 1. The van der Waals surface area contributed by atoms with Gasteiger partial charge >= 0.3 is 0 Å². The molecule has 4 rings (SSSR count). The fourth-order valence-electron chi connectivity index (χ4n) is 3.67. The number of hydrogen-bond donors (Lipinski definition) is 1. The first-order valence-electron chi connectivity index (χ1n) is 9.68. The highest BCUT2D eigenvalue weighted by atomic mass is 16.5. The summed E-state index contributed by atoms with van der Waals surface area (Å²) in [5.74, 6) is 0.643. The van der Waals surface area contributed by atoms with Crippen LogP contribution in [0.5, 0.6) is 5.75 Å². The Balaban J connectivity index is 1.38. The van der Waals surface area contributed by atoms with E-state index in [0.717, 1.165) is 16.9 Å². The summed E-state index contributed by atoms with van der Waals surface area (Å²) in [5.41, 5.74) is 1.38. The maximum atomic E-state index is 12.8. The van der Waals surface area contributed by atoms with Crippen LogP contribution in [0.1, 0.15) is 34.5 Å². The van der Waals surface area contributed by atoms with Gasteiger partial charge in [-0.25, -0.2) is 4.68 Å². The standard InChI is InChI=1S/C22H24N4O3/c1-29-19-9-7-17(8-10-19)15-26-16-20(23-24-26)21(27)25-13-11-22(28,12-14-25)18-5-3-2-4-6-18/h2-10,16,28H,11-15H2,1H3. The molecular formula is C22H24N4O3. The van der Waals surface area contributed by atoms with Crippen LogP contribution in [-0.2, 0) is 12.1 Å². The van der Waals surface area contributed by atoms with Gasteiger partial charge in [-0.05, 0) is 36.1 Å². The topological polar surface area (TPSA) is 80.5 Å². The van der Waals surface area contributed by atoms with Crippen LogP contribution in [0.4, 0.5) is 0 Å². The van der Waals surface area contributed by atoms with Gasteiger partial charge in [0.25, 0.3) is 5.91 Å². The highest BCUT2D eigenvalue weighted by Crippen LogP contribution is 2.32. The average Bonchev–Trinajstić information content (AvgIpc) is 3.23. The van der Waals surface area contributed by atoms with Gasteiger partial charge in [0.15, 0.2) is 5.69 Å². The molecule has 1 aliphatic heterocycles. The second-order valence-corrected chi connectivity index (χ2v) is 7.34. The van der Waals surface area contributed by atoms with Crippen LogP contribution in [0.15, 0.2) is 60.8 Å². The fourth-order valence-corrected chi connectivity index (χ4v) is 3.67. The number of amides is 1. The lowest BCUT2D eigenvalue weighted by molar-refractivity contribution is -0.0212. The number of aromatic nitrogens is 3. The maximum Gasteiger partial charge on any atom is 0.276 e. The van der Waals surface area contributed by atoms with Gasteiger partial charge in [-0.2, -0.15) is 0 Å². The number of carbonyl (C=O) groups excluding carboxylic acids is 1. The Bertz CT molecular complexity index is 961. The summed E-state index contributed by atoms with van der Waals surface area (Å²) in [6.07, 6.45) is 2.68. The molecule has 2 aromatic carbocycles. The van der Waals surface area contributed by atoms with Crippen molar-refractivity contribution in [2.24, 2.45) is 0 Å². The van der Waals surface area contributed by atoms with E-state index < -0.39 is 5.60 Å². The van der Waals surface area contributed by atoms with Gasteiger partial charge < -0.3 is 14.7 Å². The lowest BCUT2D eigenvalue weighted by Crippen LogP contribution is -2.45. The van der Waals surface area contributed by atoms with E-state index in [1.807, 2.05) is 54.6 Å². The highest BCUT2D eigenvalue weighted by molar-refractivity contribution is 5.92. The van der Waals surface area contributed by atoms with Crippen molar-refractivity contribution in [3.63, 3.8) is 0 Å². The Morgan fingerprint density at radius 3 is 2.45 bits per heavy atom. The normalized spacial score (nSPS) is 15.9. The number of rotatable bonds is 5. The zero-order valence-corrected chi connectivity index (χ0v) is 16.4. The molecular weight excluding hydrogens is 368 g/mol. The quantitative estimate of drug-likeness (QED) is 0.721. The molecule has 2 heterocycles. The Labute approximate surface area is 169 Å². The molecule has 29 heavy (non-hydrogen) atoms. The molecule has 1 N–H and O–H groups in total. The van der Waals surface area contributed by atoms with Crippen molar-refractivity contribution in [3.05, 3.63) is 77.6 Å². The summed E-state index contributed by atoms with van der Waals surface area (Å²) in [5, 5.41) is 19.1. The molecule has 1 saturated heterocycles. The van der Waals surface area contributed by atoms with E-state index in [0.29, 0.717) is 38.2 Å². The molecule has 0 radical (unpaired) electrons. The predicted octanol–water partition coefficient (Wildman–Crippen LogP) is 2.46. The number of benzene rings is 2. The molecule has 3 aromatic rings. The number of hydrogen-bond acceptors (Lipinski definition) is 5. The first-order chi connectivity index (χ1) is 14.1. The van der Waals surface area contributed by atoms with Gasteiger partial charge in [-0.1, -0.05) is 47.7 Å². The monoisotopic (exact) mass is 392 g/mol. The summed E-state index contributed by atoms with van der Waals surface area (Å²) < 4.78 is 6.81. The third-order valence-electron chi connectivity index (χ3n) is 5.45. The van der Waals surface area contributed by atoms with Crippen molar-refractivity contribution in [1.29, 1.82) is 0 Å². The Hall–Kier alpha value is -3.19. The number of aliphatic hydroxyl groups is 1. The molecule has 1 aliphatic rings. The molecule has 1 amide bonds. The first kappa shape index (κ1) is 19.1. The van der Waals surface area contributed by atoms with Gasteiger partial charge in [-0.15, -0.1) is 5.10 Å². The lowest BCUT2D eigenvalue weighted by Gasteiger charge is -2.38. The number of nitrogens with zero attached hydrogens (tertiary/aromatic N) is 4. The van der Waals surface area contributed by atoms with Crippen LogP contribution >= 0.6 is 0 Å². The summed E-state index contributed by atoms with van der Waals surface area (Å²) in [6.45, 7) is 1.49. The Morgan fingerprint density at radius 2 is 1.79 bits per heavy atom. The van der Waals surface area contributed by atoms with Gasteiger partial charge in [0, 0.05) is 13.1 Å². The zero-order valence-electron chi connectivity index (χ0n) is 16.4. The molecule has 0 aliphatic carbocycles. The van der Waals surface area contributed by atoms with Crippen molar-refractivity contribution in [3.8, 4) is 5.75 Å². The van der Waals surface area contributed by atoms with E-state index >= 15 is 0 Å². The van der Waals surface area contributed by atoms with Crippen LogP contribution in [0.2, 0.25) is 0 Å². The summed E-state index contributed by atoms with van der Waals surface area (Å²) in [4.78, 5) is 14.5. The van der Waals surface area contributed by atoms with Crippen LogP contribution in [-0.4, -0.2) is 51.1 Å². The number of piperidine rings is 1. The Morgan fingerprint density at radius 1 is 1.10 bits per heavy atom. The van der Waals surface area contributed by atoms with E-state index in [1.165, 1.54) is 0 Å². The minimum Gasteiger partial charge on any atom is -0.497 e. The largest absolute Gasteiger partial charge is 0.497 e. The molecule has 0 spiro atoms. The van der Waals surface area contributed by atoms with E-state index in [1.54, 1.807) is 22.9 Å². The summed E-state index contributed by atoms with van der Waals surface area (Å²) in [7, 11) is 1.63. The average molecular weight is 392 g/mol. The second kappa shape index (κ2) is 8.05. The van der Waals surface area contributed by atoms with Crippen molar-refractivity contribution in [2.45, 2.75) is 25.0 Å². The predicted molar refractivity (Wildman–Crippen MR) is 108 cm³/mol. The highest BCUT2D eigenvalue weighted by Gasteiger charge is 2.36. The number of ether oxygens (including phenoxy) is 1. The lowest BCUT2D eigenvalue weighted by atomic mass is 9.84. The first-order valence-corrected chi connectivity index (χ1v) is 9.68. The Kier molecular flexibility index (Phi) is 5.31. The SMILES string of the molecule is COc1ccc(Cn2cc(C(=O)N3CCC(O)(c4ccccc4)CC3)nn2)cc1. The van der Waals surface area contributed by atoms with Gasteiger partial charge in [0.2, 0.25) is 0 Å². The van der Waals surface area contributed by atoms with Gasteiger partial charge in [0.1, 0.15) is 5.75 Å². The summed E-state index contributed by atoms with van der Waals surface area (Å²) in [6, 6.07) is 17.3.